The molecule has 1 heterocycles. The van der Waals surface area contributed by atoms with Crippen LogP contribution in [0.5, 0.6) is 0 Å². The third-order valence-electron chi connectivity index (χ3n) is 4.64. The monoisotopic (exact) mass is 366 g/mol. The van der Waals surface area contributed by atoms with E-state index < -0.39 is 36.0 Å². The Labute approximate surface area is 147 Å². The third kappa shape index (κ3) is 3.63. The fourth-order valence-corrected chi connectivity index (χ4v) is 3.28. The van der Waals surface area contributed by atoms with Crippen LogP contribution in [0.3, 0.4) is 0 Å². The summed E-state index contributed by atoms with van der Waals surface area (Å²) in [4.78, 5) is 37.6. The topological polar surface area (TPSA) is 66.5 Å². The van der Waals surface area contributed by atoms with Crippen LogP contribution in [0.2, 0.25) is 0 Å². The molecule has 2 atom stereocenters. The molecule has 3 amide bonds. The molecule has 1 N–H and O–H groups in total. The number of hydrogen-bond donors (Lipinski definition) is 1. The van der Waals surface area contributed by atoms with Crippen LogP contribution in [0.25, 0.3) is 0 Å². The smallest absolute Gasteiger partial charge is 0.350 e. The number of nitrogens with one attached hydrogen (secondary N) is 1. The van der Waals surface area contributed by atoms with Crippen LogP contribution in [-0.2, 0) is 27.1 Å². The zero-order valence-corrected chi connectivity index (χ0v) is 13.8. The van der Waals surface area contributed by atoms with Crippen LogP contribution < -0.4 is 5.32 Å². The number of halogens is 3. The molecule has 1 fully saturated rings. The molecule has 138 valence electrons. The van der Waals surface area contributed by atoms with Crippen molar-refractivity contribution in [3.05, 3.63) is 47.5 Å². The van der Waals surface area contributed by atoms with Crippen molar-refractivity contribution in [1.29, 1.82) is 0 Å². The minimum atomic E-state index is -4.46. The lowest BCUT2D eigenvalue weighted by Crippen LogP contribution is -2.40. The highest BCUT2D eigenvalue weighted by Crippen LogP contribution is 2.34. The Morgan fingerprint density at radius 1 is 1.12 bits per heavy atom. The van der Waals surface area contributed by atoms with Gasteiger partial charge in [-0.05, 0) is 30.5 Å². The van der Waals surface area contributed by atoms with Gasteiger partial charge in [-0.3, -0.25) is 19.3 Å². The standard InChI is InChI=1S/C18H17F3N2O3/c19-18(20,21)12-5-3-4-11(8-12)9-22-15(24)10-23-16(25)13-6-1-2-7-14(13)17(23)26/h1-5,8,13-14H,6-7,9-10H2,(H,22,24). The first-order valence-corrected chi connectivity index (χ1v) is 8.20. The number of alkyl halides is 3. The second-order valence-corrected chi connectivity index (χ2v) is 6.39. The van der Waals surface area contributed by atoms with Gasteiger partial charge in [0.05, 0.1) is 17.4 Å². The van der Waals surface area contributed by atoms with Crippen molar-refractivity contribution in [3.8, 4) is 0 Å². The first kappa shape index (κ1) is 18.2. The van der Waals surface area contributed by atoms with Gasteiger partial charge in [-0.2, -0.15) is 13.2 Å². The maximum atomic E-state index is 12.7. The fourth-order valence-electron chi connectivity index (χ4n) is 3.28. The van der Waals surface area contributed by atoms with Gasteiger partial charge < -0.3 is 5.32 Å². The second kappa shape index (κ2) is 6.93. The Morgan fingerprint density at radius 2 is 1.73 bits per heavy atom. The van der Waals surface area contributed by atoms with Crippen molar-refractivity contribution >= 4 is 17.7 Å². The Hall–Kier alpha value is -2.64. The average molecular weight is 366 g/mol. The lowest BCUT2D eigenvalue weighted by Gasteiger charge is -2.15. The molecule has 8 heteroatoms. The summed E-state index contributed by atoms with van der Waals surface area (Å²) in [6, 6.07) is 4.62. The van der Waals surface area contributed by atoms with E-state index >= 15 is 0 Å². The number of likely N-dealkylation sites (tertiary alicyclic amines) is 1. The molecule has 0 saturated carbocycles. The van der Waals surface area contributed by atoms with Crippen molar-refractivity contribution in [2.75, 3.05) is 6.54 Å². The van der Waals surface area contributed by atoms with E-state index in [-0.39, 0.29) is 23.9 Å². The second-order valence-electron chi connectivity index (χ2n) is 6.39. The number of amides is 3. The molecule has 0 spiro atoms. The van der Waals surface area contributed by atoms with E-state index in [1.54, 1.807) is 0 Å². The summed E-state index contributed by atoms with van der Waals surface area (Å²) >= 11 is 0. The highest BCUT2D eigenvalue weighted by molar-refractivity contribution is 6.07. The molecule has 0 radical (unpaired) electrons. The predicted molar refractivity (Wildman–Crippen MR) is 85.4 cm³/mol. The summed E-state index contributed by atoms with van der Waals surface area (Å²) in [5.74, 6) is -2.14. The van der Waals surface area contributed by atoms with Crippen LogP contribution in [0.15, 0.2) is 36.4 Å². The Kier molecular flexibility index (Phi) is 4.84. The molecule has 1 aliphatic carbocycles. The predicted octanol–water partition coefficient (Wildman–Crippen LogP) is 2.27. The summed E-state index contributed by atoms with van der Waals surface area (Å²) in [7, 11) is 0. The first-order valence-electron chi connectivity index (χ1n) is 8.20. The maximum Gasteiger partial charge on any atom is 0.416 e. The lowest BCUT2D eigenvalue weighted by atomic mass is 9.85. The quantitative estimate of drug-likeness (QED) is 0.657. The molecule has 5 nitrogen and oxygen atoms in total. The summed E-state index contributed by atoms with van der Waals surface area (Å²) in [5, 5.41) is 2.46. The van der Waals surface area contributed by atoms with E-state index in [1.165, 1.54) is 12.1 Å². The van der Waals surface area contributed by atoms with Crippen LogP contribution in [0, 0.1) is 11.8 Å². The molecule has 1 aromatic rings. The van der Waals surface area contributed by atoms with Gasteiger partial charge in [-0.1, -0.05) is 24.3 Å². The summed E-state index contributed by atoms with van der Waals surface area (Å²) in [6.07, 6.45) is 0.209. The fraction of sp³-hybridized carbons (Fsp3) is 0.389. The lowest BCUT2D eigenvalue weighted by molar-refractivity contribution is -0.143. The van der Waals surface area contributed by atoms with Gasteiger partial charge in [-0.15, -0.1) is 0 Å². The van der Waals surface area contributed by atoms with E-state index in [0.717, 1.165) is 17.0 Å². The Balaban J connectivity index is 1.58. The highest BCUT2D eigenvalue weighted by atomic mass is 19.4. The van der Waals surface area contributed by atoms with Crippen molar-refractivity contribution in [1.82, 2.24) is 10.2 Å². The van der Waals surface area contributed by atoms with Gasteiger partial charge in [-0.25, -0.2) is 0 Å². The van der Waals surface area contributed by atoms with E-state index in [2.05, 4.69) is 5.32 Å². The first-order chi connectivity index (χ1) is 12.3. The zero-order chi connectivity index (χ0) is 18.9. The van der Waals surface area contributed by atoms with E-state index in [0.29, 0.717) is 12.8 Å². The van der Waals surface area contributed by atoms with Crippen LogP contribution in [-0.4, -0.2) is 29.2 Å². The number of allylic oxidation sites excluding steroid dienone is 2. The van der Waals surface area contributed by atoms with E-state index in [9.17, 15) is 27.6 Å². The maximum absolute atomic E-state index is 12.7. The van der Waals surface area contributed by atoms with Crippen molar-refractivity contribution in [3.63, 3.8) is 0 Å². The summed E-state index contributed by atoms with van der Waals surface area (Å²) in [6.45, 7) is -0.531. The molecular formula is C18H17F3N2O3. The van der Waals surface area contributed by atoms with Crippen LogP contribution in [0.4, 0.5) is 13.2 Å². The minimum Gasteiger partial charge on any atom is -0.350 e. The van der Waals surface area contributed by atoms with Crippen LogP contribution in [0.1, 0.15) is 24.0 Å². The van der Waals surface area contributed by atoms with Gasteiger partial charge in [0.15, 0.2) is 0 Å². The number of carbonyl (C=O) groups is 3. The average Bonchev–Trinajstić information content (AvgIpc) is 2.85. The number of nitrogens with zero attached hydrogens (tertiary/aromatic N) is 1. The van der Waals surface area contributed by atoms with Gasteiger partial charge in [0.25, 0.3) is 0 Å². The SMILES string of the molecule is O=C(CN1C(=O)C2CC=CCC2C1=O)NCc1cccc(C(F)(F)F)c1. The number of hydrogen-bond acceptors (Lipinski definition) is 3. The molecular weight excluding hydrogens is 349 g/mol. The van der Waals surface area contributed by atoms with Crippen molar-refractivity contribution < 1.29 is 27.6 Å². The number of imide groups is 1. The number of benzene rings is 1. The Morgan fingerprint density at radius 3 is 2.31 bits per heavy atom. The molecule has 0 bridgehead atoms. The number of carbonyl (C=O) groups excluding carboxylic acids is 3. The number of fused-ring (bicyclic) bond motifs is 1. The summed E-state index contributed by atoms with van der Waals surface area (Å²) < 4.78 is 38.1. The largest absolute Gasteiger partial charge is 0.416 e. The molecule has 2 unspecified atom stereocenters. The van der Waals surface area contributed by atoms with Crippen molar-refractivity contribution in [2.45, 2.75) is 25.6 Å². The van der Waals surface area contributed by atoms with Gasteiger partial charge in [0.1, 0.15) is 6.54 Å². The molecule has 26 heavy (non-hydrogen) atoms. The minimum absolute atomic E-state index is 0.118. The molecule has 3 rings (SSSR count). The molecule has 1 saturated heterocycles. The molecule has 1 aromatic carbocycles. The Bertz CT molecular complexity index is 747. The van der Waals surface area contributed by atoms with E-state index in [4.69, 9.17) is 0 Å². The summed E-state index contributed by atoms with van der Waals surface area (Å²) in [5.41, 5.74) is -0.518. The third-order valence-corrected chi connectivity index (χ3v) is 4.64. The highest BCUT2D eigenvalue weighted by Gasteiger charge is 2.47. The van der Waals surface area contributed by atoms with Gasteiger partial charge in [0.2, 0.25) is 17.7 Å². The zero-order valence-electron chi connectivity index (χ0n) is 13.8. The molecule has 2 aliphatic rings. The number of rotatable bonds is 4. The molecule has 0 aromatic heterocycles. The van der Waals surface area contributed by atoms with Crippen molar-refractivity contribution in [2.24, 2.45) is 11.8 Å². The normalized spacial score (nSPS) is 22.5. The molecule has 1 aliphatic heterocycles. The van der Waals surface area contributed by atoms with Gasteiger partial charge in [0, 0.05) is 6.54 Å². The van der Waals surface area contributed by atoms with Gasteiger partial charge >= 0.3 is 6.18 Å². The van der Waals surface area contributed by atoms with Crippen LogP contribution >= 0.6 is 0 Å². The van der Waals surface area contributed by atoms with E-state index in [1.807, 2.05) is 12.2 Å².